The van der Waals surface area contributed by atoms with E-state index in [1.165, 1.54) is 0 Å². The van der Waals surface area contributed by atoms with E-state index in [0.29, 0.717) is 11.9 Å². The largest absolute Gasteiger partial charge is 0.392 e. The van der Waals surface area contributed by atoms with Crippen LogP contribution in [0.2, 0.25) is 0 Å². The number of nitrogens with zero attached hydrogens (tertiary/aromatic N) is 3. The Bertz CT molecular complexity index is 2330. The summed E-state index contributed by atoms with van der Waals surface area (Å²) in [5.74, 6) is 0. The van der Waals surface area contributed by atoms with Crippen LogP contribution in [-0.4, -0.2) is 58.7 Å². The first kappa shape index (κ1) is 34.4. The number of sulfonamides is 1. The van der Waals surface area contributed by atoms with Crippen molar-refractivity contribution in [2.24, 2.45) is 0 Å². The summed E-state index contributed by atoms with van der Waals surface area (Å²) in [6.45, 7) is 2.50. The smallest absolute Gasteiger partial charge is 0.326 e. The summed E-state index contributed by atoms with van der Waals surface area (Å²) < 4.78 is 44.3. The number of hydrogen-bond donors (Lipinski definition) is 3. The maximum atomic E-state index is 13.3. The van der Waals surface area contributed by atoms with Crippen molar-refractivity contribution in [3.63, 3.8) is 0 Å². The van der Waals surface area contributed by atoms with Crippen LogP contribution in [0.4, 0.5) is 0 Å². The molecular formula is C40H41N5O6S. The van der Waals surface area contributed by atoms with Gasteiger partial charge in [0.1, 0.15) is 4.90 Å². The minimum Gasteiger partial charge on any atom is -0.392 e. The van der Waals surface area contributed by atoms with Crippen LogP contribution >= 0.6 is 0 Å². The highest BCUT2D eigenvalue weighted by Gasteiger charge is 2.34. The topological polar surface area (TPSA) is 139 Å². The van der Waals surface area contributed by atoms with Gasteiger partial charge in [0.05, 0.1) is 35.4 Å². The van der Waals surface area contributed by atoms with E-state index >= 15 is 0 Å². The van der Waals surface area contributed by atoms with Crippen molar-refractivity contribution in [1.29, 1.82) is 0 Å². The van der Waals surface area contributed by atoms with Crippen LogP contribution in [0.1, 0.15) is 60.0 Å². The van der Waals surface area contributed by atoms with Crippen molar-refractivity contribution in [2.45, 2.75) is 61.8 Å². The van der Waals surface area contributed by atoms with Gasteiger partial charge in [0.25, 0.3) is 0 Å². The van der Waals surface area contributed by atoms with Crippen LogP contribution in [-0.2, 0) is 32.6 Å². The first-order chi connectivity index (χ1) is 25.3. The lowest BCUT2D eigenvalue weighted by Gasteiger charge is -2.40. The van der Waals surface area contributed by atoms with E-state index in [2.05, 4.69) is 19.6 Å². The number of nitrogens with one attached hydrogen (secondary N) is 2. The van der Waals surface area contributed by atoms with Crippen LogP contribution in [0.3, 0.4) is 0 Å². The number of rotatable bonds is 10. The van der Waals surface area contributed by atoms with Crippen molar-refractivity contribution < 1.29 is 23.0 Å². The number of aromatic nitrogens is 3. The van der Waals surface area contributed by atoms with Gasteiger partial charge in [-0.05, 0) is 53.8 Å². The maximum absolute atomic E-state index is 13.3. The Labute approximate surface area is 301 Å². The molecule has 52 heavy (non-hydrogen) atoms. The lowest BCUT2D eigenvalue weighted by Crippen LogP contribution is -2.43. The number of ether oxygens (including phenoxy) is 2. The molecule has 1 unspecified atom stereocenters. The zero-order valence-corrected chi connectivity index (χ0v) is 29.4. The Morgan fingerprint density at radius 3 is 2.37 bits per heavy atom. The SMILES string of the molecule is O=c1[nH]c2ccccc2n1C1CCN(C[C@@H]2C[C@H](c3ccc(CO)cc3)OC(c3ccc(CNS(=O)(=O)c4cccc5cccnc45)cc3)O2)CC1. The highest BCUT2D eigenvalue weighted by Crippen LogP contribution is 2.39. The second kappa shape index (κ2) is 14.7. The number of fused-ring (bicyclic) bond motifs is 2. The minimum absolute atomic E-state index is 0.0257. The Balaban J connectivity index is 0.953. The summed E-state index contributed by atoms with van der Waals surface area (Å²) in [6.07, 6.45) is 3.02. The number of aliphatic hydroxyl groups is 1. The second-order valence-electron chi connectivity index (χ2n) is 13.6. The van der Waals surface area contributed by atoms with Crippen LogP contribution < -0.4 is 10.4 Å². The first-order valence-corrected chi connectivity index (χ1v) is 19.2. The van der Waals surface area contributed by atoms with Gasteiger partial charge in [-0.15, -0.1) is 0 Å². The summed E-state index contributed by atoms with van der Waals surface area (Å²) in [7, 11) is -3.81. The zero-order valence-electron chi connectivity index (χ0n) is 28.6. The number of piperidine rings is 1. The van der Waals surface area contributed by atoms with Crippen LogP contribution in [0.5, 0.6) is 0 Å². The van der Waals surface area contributed by atoms with E-state index in [9.17, 15) is 18.3 Å². The fraction of sp³-hybridized carbons (Fsp3) is 0.300. The van der Waals surface area contributed by atoms with E-state index in [-0.39, 0.29) is 42.0 Å². The molecule has 0 saturated carbocycles. The van der Waals surface area contributed by atoms with Gasteiger partial charge >= 0.3 is 5.69 Å². The number of aliphatic hydroxyl groups excluding tert-OH is 1. The van der Waals surface area contributed by atoms with E-state index in [1.807, 2.05) is 89.5 Å². The molecule has 4 aromatic carbocycles. The van der Waals surface area contributed by atoms with Crippen molar-refractivity contribution in [3.05, 3.63) is 142 Å². The average molecular weight is 720 g/mol. The molecule has 0 bridgehead atoms. The molecule has 3 N–H and O–H groups in total. The number of hydrogen-bond acceptors (Lipinski definition) is 8. The molecule has 6 aromatic rings. The van der Waals surface area contributed by atoms with Crippen molar-refractivity contribution in [1.82, 2.24) is 24.2 Å². The fourth-order valence-electron chi connectivity index (χ4n) is 7.46. The van der Waals surface area contributed by atoms with Gasteiger partial charge in [0, 0.05) is 55.8 Å². The summed E-state index contributed by atoms with van der Waals surface area (Å²) in [6, 6.07) is 32.2. The molecule has 3 atom stereocenters. The highest BCUT2D eigenvalue weighted by molar-refractivity contribution is 7.89. The zero-order chi connectivity index (χ0) is 35.7. The van der Waals surface area contributed by atoms with E-state index in [1.54, 1.807) is 24.4 Å². The van der Waals surface area contributed by atoms with Crippen molar-refractivity contribution in [2.75, 3.05) is 19.6 Å². The van der Waals surface area contributed by atoms with Crippen LogP contribution in [0, 0.1) is 0 Å². The number of pyridine rings is 1. The average Bonchev–Trinajstić information content (AvgIpc) is 3.53. The number of aromatic amines is 1. The predicted octanol–water partition coefficient (Wildman–Crippen LogP) is 5.73. The van der Waals surface area contributed by atoms with Crippen LogP contribution in [0.25, 0.3) is 21.9 Å². The molecule has 2 saturated heterocycles. The van der Waals surface area contributed by atoms with E-state index in [0.717, 1.165) is 71.1 Å². The standard InChI is InChI=1S/C40H41N5O6S/c46-26-28-12-14-29(15-13-28)36-23-33(25-44-21-18-32(19-22-44)45-35-8-2-1-7-34(35)43-40(45)47)50-39(51-36)31-16-10-27(11-17-31)24-42-52(48,49)37-9-3-5-30-6-4-20-41-38(30)37/h1-17,20,32-33,36,39,42,46H,18-19,21-26H2,(H,43,47)/t33-,36+,39?/m0/s1. The number of H-pyrrole nitrogens is 1. The van der Waals surface area contributed by atoms with E-state index in [4.69, 9.17) is 9.47 Å². The first-order valence-electron chi connectivity index (χ1n) is 17.7. The molecule has 0 radical (unpaired) electrons. The second-order valence-corrected chi connectivity index (χ2v) is 15.3. The Morgan fingerprint density at radius 1 is 0.846 bits per heavy atom. The number of imidazole rings is 1. The Hall–Kier alpha value is -4.69. The maximum Gasteiger partial charge on any atom is 0.326 e. The summed E-state index contributed by atoms with van der Waals surface area (Å²) >= 11 is 0. The normalized spacial score (nSPS) is 20.4. The van der Waals surface area contributed by atoms with Gasteiger partial charge in [-0.2, -0.15) is 0 Å². The molecule has 8 rings (SSSR count). The number of benzene rings is 4. The van der Waals surface area contributed by atoms with E-state index < -0.39 is 16.3 Å². The molecule has 0 amide bonds. The monoisotopic (exact) mass is 719 g/mol. The van der Waals surface area contributed by atoms with Gasteiger partial charge < -0.3 is 24.5 Å². The molecule has 0 aliphatic carbocycles. The van der Waals surface area contributed by atoms with Gasteiger partial charge in [-0.1, -0.05) is 78.9 Å². The molecule has 12 heteroatoms. The van der Waals surface area contributed by atoms with Gasteiger partial charge in [0.15, 0.2) is 6.29 Å². The molecule has 2 aliphatic rings. The van der Waals surface area contributed by atoms with Gasteiger partial charge in [0.2, 0.25) is 10.0 Å². The third kappa shape index (κ3) is 7.18. The molecule has 2 aliphatic heterocycles. The third-order valence-corrected chi connectivity index (χ3v) is 11.7. The fourth-order valence-corrected chi connectivity index (χ4v) is 8.65. The molecule has 2 aromatic heterocycles. The number of para-hydroxylation sites is 3. The number of likely N-dealkylation sites (tertiary alicyclic amines) is 1. The van der Waals surface area contributed by atoms with Crippen molar-refractivity contribution in [3.8, 4) is 0 Å². The molecule has 2 fully saturated rings. The molecule has 4 heterocycles. The molecule has 0 spiro atoms. The van der Waals surface area contributed by atoms with Gasteiger partial charge in [-0.25, -0.2) is 17.9 Å². The van der Waals surface area contributed by atoms with Crippen molar-refractivity contribution >= 4 is 32.0 Å². The lowest BCUT2D eigenvalue weighted by molar-refractivity contribution is -0.253. The predicted molar refractivity (Wildman–Crippen MR) is 198 cm³/mol. The Kier molecular flexibility index (Phi) is 9.75. The summed E-state index contributed by atoms with van der Waals surface area (Å²) in [5, 5.41) is 10.3. The third-order valence-electron chi connectivity index (χ3n) is 10.2. The quantitative estimate of drug-likeness (QED) is 0.163. The molecular weight excluding hydrogens is 679 g/mol. The lowest BCUT2D eigenvalue weighted by atomic mass is 9.98. The Morgan fingerprint density at radius 2 is 1.58 bits per heavy atom. The summed E-state index contributed by atoms with van der Waals surface area (Å²) in [5.41, 5.74) is 5.67. The summed E-state index contributed by atoms with van der Waals surface area (Å²) in [4.78, 5) is 22.7. The minimum atomic E-state index is -3.81. The molecule has 268 valence electrons. The highest BCUT2D eigenvalue weighted by atomic mass is 32.2. The molecule has 11 nitrogen and oxygen atoms in total. The van der Waals surface area contributed by atoms with Crippen LogP contribution in [0.15, 0.2) is 119 Å². The van der Waals surface area contributed by atoms with Gasteiger partial charge in [-0.3, -0.25) is 9.55 Å².